The number of rotatable bonds is 60. The van der Waals surface area contributed by atoms with Crippen LogP contribution in [0.2, 0.25) is 0 Å². The Labute approximate surface area is 428 Å². The van der Waals surface area contributed by atoms with Crippen LogP contribution < -0.4 is 12.4 Å². The van der Waals surface area contributed by atoms with Gasteiger partial charge in [0.1, 0.15) is 0 Å². The van der Waals surface area contributed by atoms with E-state index in [0.717, 1.165) is 0 Å². The van der Waals surface area contributed by atoms with E-state index in [9.17, 15) is 0 Å². The molecule has 0 radical (unpaired) electrons. The largest absolute Gasteiger partial charge is 1.00 e. The zero-order valence-corrected chi connectivity index (χ0v) is 48.0. The molecule has 66 heavy (non-hydrogen) atoms. The number of halogens is 1. The average molecular weight is 951 g/mol. The van der Waals surface area contributed by atoms with Crippen LogP contribution in [0.3, 0.4) is 0 Å². The van der Waals surface area contributed by atoms with Crippen molar-refractivity contribution >= 4 is 0 Å². The number of hydrogen-bond donors (Lipinski definition) is 0. The minimum atomic E-state index is 0. The van der Waals surface area contributed by atoms with Gasteiger partial charge in [-0.25, -0.2) is 0 Å². The maximum absolute atomic E-state index is 2.33. The summed E-state index contributed by atoms with van der Waals surface area (Å²) in [5.41, 5.74) is 0. The number of hydrogen-bond acceptors (Lipinski definition) is 0. The van der Waals surface area contributed by atoms with Crippen molar-refractivity contribution < 1.29 is 16.9 Å². The molecule has 0 spiro atoms. The predicted octanol–water partition coefficient (Wildman–Crippen LogP) is 20.7. The Morgan fingerprint density at radius 1 is 0.136 bits per heavy atom. The van der Waals surface area contributed by atoms with Gasteiger partial charge in [0, 0.05) is 0 Å². The molecule has 0 unspecified atom stereocenters. The Balaban J connectivity index is 0. The summed E-state index contributed by atoms with van der Waals surface area (Å²) in [7, 11) is 0. The lowest BCUT2D eigenvalue weighted by Gasteiger charge is -2.40. The van der Waals surface area contributed by atoms with Gasteiger partial charge in [0.25, 0.3) is 0 Å². The van der Waals surface area contributed by atoms with Crippen molar-refractivity contribution in [3.05, 3.63) is 0 Å². The molecule has 2 heteroatoms. The molecule has 0 N–H and O–H groups in total. The van der Waals surface area contributed by atoms with Gasteiger partial charge in [-0.1, -0.05) is 336 Å². The predicted molar refractivity (Wildman–Crippen MR) is 301 cm³/mol. The van der Waals surface area contributed by atoms with Crippen LogP contribution in [0.15, 0.2) is 0 Å². The second kappa shape index (κ2) is 61.4. The van der Waals surface area contributed by atoms with E-state index in [4.69, 9.17) is 0 Å². The van der Waals surface area contributed by atoms with Gasteiger partial charge < -0.3 is 16.9 Å². The standard InChI is InChI=1S/C64H132N.ClH/c1-5-9-13-17-21-25-29-33-37-41-45-49-53-57-61-65(62-58-54-50-46-42-38-34-30-26-22-18-14-10-6-2,63-59-55-51-47-43-39-35-31-27-23-19-15-11-7-3)64-60-56-52-48-44-40-36-32-28-24-20-16-12-8-4;/h5-64H2,1-4H3;1H/q+1;/p-1. The molecule has 1 nitrogen and oxygen atoms in total. The van der Waals surface area contributed by atoms with Gasteiger partial charge >= 0.3 is 0 Å². The first-order valence-corrected chi connectivity index (χ1v) is 32.1. The third-order valence-electron chi connectivity index (χ3n) is 15.9. The molecule has 0 aliphatic carbocycles. The van der Waals surface area contributed by atoms with E-state index < -0.39 is 0 Å². The SMILES string of the molecule is CCCCCCCCCCCCCCCC[N+](CCCCCCCCCCCCCCCC)(CCCCCCCCCCCCCCCC)CCCCCCCCCCCCCCCC.[Cl-]. The first-order valence-electron chi connectivity index (χ1n) is 32.1. The molecular weight excluding hydrogens is 818 g/mol. The van der Waals surface area contributed by atoms with Crippen molar-refractivity contribution in [1.82, 2.24) is 0 Å². The van der Waals surface area contributed by atoms with Crippen molar-refractivity contribution in [3.8, 4) is 0 Å². The second-order valence-corrected chi connectivity index (χ2v) is 22.6. The molecule has 0 rings (SSSR count). The van der Waals surface area contributed by atoms with E-state index in [-0.39, 0.29) is 12.4 Å². The van der Waals surface area contributed by atoms with Gasteiger partial charge in [-0.3, -0.25) is 0 Å². The maximum atomic E-state index is 2.33. The maximum Gasteiger partial charge on any atom is 0.0786 e. The van der Waals surface area contributed by atoms with Gasteiger partial charge in [0.2, 0.25) is 0 Å². The van der Waals surface area contributed by atoms with Crippen LogP contribution >= 0.6 is 0 Å². The van der Waals surface area contributed by atoms with Crippen molar-refractivity contribution in [2.24, 2.45) is 0 Å². The molecule has 0 saturated heterocycles. The Hall–Kier alpha value is 0.250. The molecule has 400 valence electrons. The van der Waals surface area contributed by atoms with Crippen LogP contribution in [0.5, 0.6) is 0 Å². The summed E-state index contributed by atoms with van der Waals surface area (Å²) < 4.78 is 1.49. The fourth-order valence-corrected chi connectivity index (χ4v) is 11.2. The fourth-order valence-electron chi connectivity index (χ4n) is 11.2. The van der Waals surface area contributed by atoms with Crippen LogP contribution in [0.25, 0.3) is 0 Å². The van der Waals surface area contributed by atoms with E-state index in [0.29, 0.717) is 0 Å². The average Bonchev–Trinajstić information content (AvgIpc) is 3.32. The van der Waals surface area contributed by atoms with Gasteiger partial charge in [-0.2, -0.15) is 0 Å². The third kappa shape index (κ3) is 55.2. The molecule has 0 amide bonds. The Bertz CT molecular complexity index is 677. The first kappa shape index (κ1) is 68.3. The zero-order chi connectivity index (χ0) is 46.9. The lowest BCUT2D eigenvalue weighted by Crippen LogP contribution is -3.00. The van der Waals surface area contributed by atoms with Crippen LogP contribution in [-0.4, -0.2) is 30.7 Å². The molecule has 0 saturated carbocycles. The topological polar surface area (TPSA) is 0 Å². The minimum Gasteiger partial charge on any atom is -1.00 e. The van der Waals surface area contributed by atoms with Crippen LogP contribution in [0.1, 0.15) is 387 Å². The monoisotopic (exact) mass is 950 g/mol. The minimum absolute atomic E-state index is 0. The Morgan fingerprint density at radius 3 is 0.333 bits per heavy atom. The summed E-state index contributed by atoms with van der Waals surface area (Å²) in [6.45, 7) is 15.3. The highest BCUT2D eigenvalue weighted by Gasteiger charge is 2.26. The van der Waals surface area contributed by atoms with Crippen LogP contribution in [-0.2, 0) is 0 Å². The summed E-state index contributed by atoms with van der Waals surface area (Å²) in [6.07, 6.45) is 82.7. The molecule has 0 aliphatic heterocycles. The molecular formula is C64H132ClN. The van der Waals surface area contributed by atoms with Gasteiger partial charge in [-0.15, -0.1) is 0 Å². The molecule has 0 aromatic carbocycles. The van der Waals surface area contributed by atoms with Crippen LogP contribution in [0, 0.1) is 0 Å². The van der Waals surface area contributed by atoms with Crippen molar-refractivity contribution in [2.75, 3.05) is 26.2 Å². The molecule has 0 aromatic heterocycles. The third-order valence-corrected chi connectivity index (χ3v) is 15.9. The number of quaternary nitrogens is 1. The molecule has 0 aliphatic rings. The summed E-state index contributed by atoms with van der Waals surface area (Å²) in [4.78, 5) is 0. The second-order valence-electron chi connectivity index (χ2n) is 22.6. The Morgan fingerprint density at radius 2 is 0.227 bits per heavy atom. The molecule has 0 fully saturated rings. The fraction of sp³-hybridized carbons (Fsp3) is 1.00. The molecule has 0 heterocycles. The lowest BCUT2D eigenvalue weighted by atomic mass is 10.0. The number of unbranched alkanes of at least 4 members (excludes halogenated alkanes) is 52. The Kier molecular flexibility index (Phi) is 63.5. The molecule has 0 atom stereocenters. The highest BCUT2D eigenvalue weighted by molar-refractivity contribution is 4.58. The highest BCUT2D eigenvalue weighted by Crippen LogP contribution is 2.23. The molecule has 0 aromatic rings. The number of nitrogens with zero attached hydrogens (tertiary/aromatic N) is 1. The summed E-state index contributed by atoms with van der Waals surface area (Å²) in [5.74, 6) is 0. The van der Waals surface area contributed by atoms with Gasteiger partial charge in [0.05, 0.1) is 26.2 Å². The zero-order valence-electron chi connectivity index (χ0n) is 47.3. The first-order chi connectivity index (χ1) is 32.2. The van der Waals surface area contributed by atoms with E-state index in [1.165, 1.54) is 390 Å². The quantitative estimate of drug-likeness (QED) is 0.0421. The van der Waals surface area contributed by atoms with Crippen LogP contribution in [0.4, 0.5) is 0 Å². The summed E-state index contributed by atoms with van der Waals surface area (Å²) >= 11 is 0. The van der Waals surface area contributed by atoms with E-state index in [1.54, 1.807) is 0 Å². The normalized spacial score (nSPS) is 11.8. The van der Waals surface area contributed by atoms with E-state index >= 15 is 0 Å². The molecule has 0 bridgehead atoms. The summed E-state index contributed by atoms with van der Waals surface area (Å²) in [5, 5.41) is 0. The highest BCUT2D eigenvalue weighted by atomic mass is 35.5. The van der Waals surface area contributed by atoms with Gasteiger partial charge in [0.15, 0.2) is 0 Å². The summed E-state index contributed by atoms with van der Waals surface area (Å²) in [6, 6.07) is 0. The lowest BCUT2D eigenvalue weighted by molar-refractivity contribution is -0.929. The van der Waals surface area contributed by atoms with Gasteiger partial charge in [-0.05, 0) is 51.4 Å². The smallest absolute Gasteiger partial charge is 0.0786 e. The van der Waals surface area contributed by atoms with Crippen molar-refractivity contribution in [1.29, 1.82) is 0 Å². The van der Waals surface area contributed by atoms with Crippen molar-refractivity contribution in [3.63, 3.8) is 0 Å². The van der Waals surface area contributed by atoms with E-state index in [1.807, 2.05) is 0 Å². The van der Waals surface area contributed by atoms with Crippen molar-refractivity contribution in [2.45, 2.75) is 387 Å². The van der Waals surface area contributed by atoms with E-state index in [2.05, 4.69) is 27.7 Å².